The van der Waals surface area contributed by atoms with Crippen molar-refractivity contribution in [1.82, 2.24) is 30.0 Å². The molecule has 1 aliphatic heterocycles. The van der Waals surface area contributed by atoms with E-state index in [9.17, 15) is 14.7 Å². The minimum absolute atomic E-state index is 0.0382. The SMILES string of the molecule is CC1CN(C(=O)c2nc(Nc3cc(C4CC4)[nH]n3)c3cc(Cl)ccc3n2)CCN1C(=O)O. The number of benzene rings is 1. The molecule has 3 heterocycles. The summed E-state index contributed by atoms with van der Waals surface area (Å²) in [4.78, 5) is 36.4. The van der Waals surface area contributed by atoms with Crippen LogP contribution >= 0.6 is 11.6 Å². The van der Waals surface area contributed by atoms with Crippen LogP contribution in [0, 0.1) is 0 Å². The summed E-state index contributed by atoms with van der Waals surface area (Å²) in [6.45, 7) is 2.58. The normalized spacial score (nSPS) is 18.8. The van der Waals surface area contributed by atoms with Gasteiger partial charge in [0, 0.05) is 53.8 Å². The van der Waals surface area contributed by atoms with Gasteiger partial charge in [-0.05, 0) is 38.0 Å². The predicted molar refractivity (Wildman–Crippen MR) is 118 cm³/mol. The molecule has 3 N–H and O–H groups in total. The minimum atomic E-state index is -0.987. The second-order valence-electron chi connectivity index (χ2n) is 8.24. The maximum Gasteiger partial charge on any atom is 0.407 e. The molecular formula is C21H22ClN7O3. The zero-order valence-electron chi connectivity index (χ0n) is 17.4. The zero-order valence-corrected chi connectivity index (χ0v) is 18.1. The Kier molecular flexibility index (Phi) is 5.09. The first kappa shape index (κ1) is 20.5. The number of hydrogen-bond donors (Lipinski definition) is 3. The number of H-pyrrole nitrogens is 1. The fraction of sp³-hybridized carbons (Fsp3) is 0.381. The van der Waals surface area contributed by atoms with E-state index in [2.05, 4.69) is 25.5 Å². The van der Waals surface area contributed by atoms with Crippen molar-refractivity contribution >= 4 is 46.1 Å². The average molecular weight is 456 g/mol. The Balaban J connectivity index is 1.46. The summed E-state index contributed by atoms with van der Waals surface area (Å²) >= 11 is 6.19. The van der Waals surface area contributed by atoms with Gasteiger partial charge in [0.05, 0.1) is 5.52 Å². The van der Waals surface area contributed by atoms with Crippen LogP contribution in [0.1, 0.15) is 42.0 Å². The van der Waals surface area contributed by atoms with Gasteiger partial charge in [0.2, 0.25) is 5.82 Å². The van der Waals surface area contributed by atoms with Crippen molar-refractivity contribution in [3.8, 4) is 0 Å². The molecule has 1 aliphatic carbocycles. The lowest BCUT2D eigenvalue weighted by atomic mass is 10.2. The maximum atomic E-state index is 13.2. The third-order valence-corrected chi connectivity index (χ3v) is 6.11. The maximum absolute atomic E-state index is 13.2. The van der Waals surface area contributed by atoms with Crippen LogP contribution in [0.4, 0.5) is 16.4 Å². The van der Waals surface area contributed by atoms with E-state index in [1.165, 1.54) is 4.90 Å². The van der Waals surface area contributed by atoms with Crippen molar-refractivity contribution in [1.29, 1.82) is 0 Å². The van der Waals surface area contributed by atoms with Crippen molar-refractivity contribution in [3.63, 3.8) is 0 Å². The van der Waals surface area contributed by atoms with Crippen molar-refractivity contribution in [2.24, 2.45) is 0 Å². The van der Waals surface area contributed by atoms with E-state index in [-0.39, 0.29) is 37.4 Å². The highest BCUT2D eigenvalue weighted by Gasteiger charge is 2.31. The predicted octanol–water partition coefficient (Wildman–Crippen LogP) is 3.45. The molecule has 10 nitrogen and oxygen atoms in total. The molecule has 32 heavy (non-hydrogen) atoms. The summed E-state index contributed by atoms with van der Waals surface area (Å²) in [7, 11) is 0. The lowest BCUT2D eigenvalue weighted by Crippen LogP contribution is -2.55. The van der Waals surface area contributed by atoms with Gasteiger partial charge in [-0.25, -0.2) is 14.8 Å². The highest BCUT2D eigenvalue weighted by molar-refractivity contribution is 6.31. The van der Waals surface area contributed by atoms with Crippen LogP contribution in [0.2, 0.25) is 5.02 Å². The highest BCUT2D eigenvalue weighted by atomic mass is 35.5. The van der Waals surface area contributed by atoms with E-state index >= 15 is 0 Å². The molecule has 3 aromatic rings. The number of carbonyl (C=O) groups is 2. The van der Waals surface area contributed by atoms with Gasteiger partial charge < -0.3 is 20.2 Å². The molecule has 1 atom stereocenters. The summed E-state index contributed by atoms with van der Waals surface area (Å²) in [6.07, 6.45) is 1.32. The summed E-state index contributed by atoms with van der Waals surface area (Å²) in [5, 5.41) is 21.0. The van der Waals surface area contributed by atoms with Crippen LogP contribution in [0.5, 0.6) is 0 Å². The topological polar surface area (TPSA) is 127 Å². The van der Waals surface area contributed by atoms with Crippen LogP contribution in [0.15, 0.2) is 24.3 Å². The number of aromatic amines is 1. The molecular weight excluding hydrogens is 434 g/mol. The average Bonchev–Trinajstić information content (AvgIpc) is 3.52. The second-order valence-corrected chi connectivity index (χ2v) is 8.68. The largest absolute Gasteiger partial charge is 0.465 e. The molecule has 0 radical (unpaired) electrons. The summed E-state index contributed by atoms with van der Waals surface area (Å²) in [5.41, 5.74) is 1.65. The van der Waals surface area contributed by atoms with Gasteiger partial charge in [-0.2, -0.15) is 5.10 Å². The number of carboxylic acid groups (broad SMARTS) is 1. The number of fused-ring (bicyclic) bond motifs is 1. The van der Waals surface area contributed by atoms with Crippen LogP contribution in [-0.2, 0) is 0 Å². The monoisotopic (exact) mass is 455 g/mol. The van der Waals surface area contributed by atoms with Gasteiger partial charge >= 0.3 is 6.09 Å². The van der Waals surface area contributed by atoms with Gasteiger partial charge in [0.25, 0.3) is 5.91 Å². The van der Waals surface area contributed by atoms with Crippen molar-refractivity contribution in [3.05, 3.63) is 40.8 Å². The Bertz CT molecular complexity index is 1210. The molecule has 2 fully saturated rings. The minimum Gasteiger partial charge on any atom is -0.465 e. The molecule has 0 spiro atoms. The highest BCUT2D eigenvalue weighted by Crippen LogP contribution is 2.39. The molecule has 1 aromatic carbocycles. The Labute approximate surface area is 188 Å². The number of anilines is 2. The number of carbonyl (C=O) groups excluding carboxylic acids is 1. The number of nitrogens with zero attached hydrogens (tertiary/aromatic N) is 5. The molecule has 2 aliphatic rings. The third kappa shape index (κ3) is 3.93. The van der Waals surface area contributed by atoms with Gasteiger partial charge in [0.1, 0.15) is 5.82 Å². The fourth-order valence-corrected chi connectivity index (χ4v) is 4.16. The molecule has 166 valence electrons. The smallest absolute Gasteiger partial charge is 0.407 e. The Morgan fingerprint density at radius 3 is 2.75 bits per heavy atom. The standard InChI is InChI=1S/C21H22ClN7O3/c1-11-10-28(6-7-29(11)21(31)32)20(30)19-23-15-5-4-13(22)8-14(15)18(25-19)24-17-9-16(26-27-17)12-2-3-12/h4-5,8-9,11-12H,2-3,6-7,10H2,1H3,(H,31,32)(H2,23,24,25,26,27). The van der Waals surface area contributed by atoms with E-state index in [4.69, 9.17) is 11.6 Å². The molecule has 0 bridgehead atoms. The number of halogens is 1. The summed E-state index contributed by atoms with van der Waals surface area (Å²) in [5.74, 6) is 1.26. The van der Waals surface area contributed by atoms with E-state index in [1.807, 2.05) is 6.07 Å². The summed E-state index contributed by atoms with van der Waals surface area (Å²) in [6, 6.07) is 6.83. The van der Waals surface area contributed by atoms with Crippen LogP contribution in [0.3, 0.4) is 0 Å². The fourth-order valence-electron chi connectivity index (χ4n) is 3.98. The van der Waals surface area contributed by atoms with Gasteiger partial charge in [0.15, 0.2) is 5.82 Å². The first-order valence-electron chi connectivity index (χ1n) is 10.5. The van der Waals surface area contributed by atoms with E-state index < -0.39 is 6.09 Å². The van der Waals surface area contributed by atoms with Crippen LogP contribution in [0.25, 0.3) is 10.9 Å². The Hall–Kier alpha value is -3.40. The third-order valence-electron chi connectivity index (χ3n) is 5.87. The van der Waals surface area contributed by atoms with Gasteiger partial charge in [-0.15, -0.1) is 0 Å². The number of amides is 2. The molecule has 1 saturated heterocycles. The quantitative estimate of drug-likeness (QED) is 0.549. The Morgan fingerprint density at radius 2 is 2.03 bits per heavy atom. The van der Waals surface area contributed by atoms with E-state index in [0.717, 1.165) is 18.5 Å². The number of piperazine rings is 1. The second kappa shape index (κ2) is 7.94. The molecule has 1 unspecified atom stereocenters. The molecule has 11 heteroatoms. The molecule has 2 aromatic heterocycles. The lowest BCUT2D eigenvalue weighted by molar-refractivity contribution is 0.0497. The summed E-state index contributed by atoms with van der Waals surface area (Å²) < 4.78 is 0. The van der Waals surface area contributed by atoms with Crippen molar-refractivity contribution in [2.75, 3.05) is 25.0 Å². The molecule has 5 rings (SSSR count). The van der Waals surface area contributed by atoms with Gasteiger partial charge in [-0.1, -0.05) is 11.6 Å². The number of hydrogen-bond acceptors (Lipinski definition) is 6. The van der Waals surface area contributed by atoms with E-state index in [1.54, 1.807) is 30.0 Å². The Morgan fingerprint density at radius 1 is 1.22 bits per heavy atom. The zero-order chi connectivity index (χ0) is 22.4. The van der Waals surface area contributed by atoms with Crippen molar-refractivity contribution in [2.45, 2.75) is 31.7 Å². The lowest BCUT2D eigenvalue weighted by Gasteiger charge is -2.37. The van der Waals surface area contributed by atoms with Crippen LogP contribution in [-0.4, -0.2) is 72.7 Å². The number of aromatic nitrogens is 4. The number of nitrogens with one attached hydrogen (secondary N) is 2. The van der Waals surface area contributed by atoms with Gasteiger partial charge in [-0.3, -0.25) is 9.89 Å². The number of rotatable bonds is 4. The van der Waals surface area contributed by atoms with E-state index in [0.29, 0.717) is 33.5 Å². The molecule has 2 amide bonds. The van der Waals surface area contributed by atoms with Crippen LogP contribution < -0.4 is 5.32 Å². The molecule has 1 saturated carbocycles. The van der Waals surface area contributed by atoms with Crippen molar-refractivity contribution < 1.29 is 14.7 Å². The first-order valence-corrected chi connectivity index (χ1v) is 10.9. The first-order chi connectivity index (χ1) is 15.4.